The van der Waals surface area contributed by atoms with Gasteiger partial charge in [0, 0.05) is 5.75 Å². The number of aliphatic carboxylic acids is 1. The van der Waals surface area contributed by atoms with Gasteiger partial charge >= 0.3 is 5.97 Å². The minimum Gasteiger partial charge on any atom is -0.480 e. The number of nitrogens with two attached hydrogens (primary N) is 2. The molecule has 0 aliphatic rings. The molecule has 15 heavy (non-hydrogen) atoms. The Labute approximate surface area is 91.9 Å². The normalized spacial score (nSPS) is 14.3. The molecule has 0 heterocycles. The van der Waals surface area contributed by atoms with Crippen LogP contribution in [0, 0.1) is 5.41 Å². The Morgan fingerprint density at radius 3 is 2.53 bits per heavy atom. The molecule has 0 rings (SSSR count). The highest BCUT2D eigenvalue weighted by Gasteiger charge is 2.12. The zero-order valence-electron chi connectivity index (χ0n) is 8.18. The molecule has 0 aromatic carbocycles. The number of rotatable bonds is 8. The fourth-order valence-corrected chi connectivity index (χ4v) is 1.74. The first-order valence-electron chi connectivity index (χ1n) is 4.34. The molecular formula is C8H15N3O3S. The number of carbonyl (C=O) groups excluding carboxylic acids is 1. The van der Waals surface area contributed by atoms with Crippen molar-refractivity contribution in [2.75, 3.05) is 11.5 Å². The predicted molar refractivity (Wildman–Crippen MR) is 59.3 cm³/mol. The average molecular weight is 233 g/mol. The molecule has 6 nitrogen and oxygen atoms in total. The summed E-state index contributed by atoms with van der Waals surface area (Å²) in [4.78, 5) is 20.5. The van der Waals surface area contributed by atoms with Crippen molar-refractivity contribution in [3.8, 4) is 0 Å². The van der Waals surface area contributed by atoms with E-state index in [1.165, 1.54) is 11.8 Å². The standard InChI is InChI=1S/C8H15N3O3S/c9-5(8(13)14)1-2-15-4-7(11)6(10)3-12/h3,5,7,10H,1-2,4,9,11H2,(H,13,14)/t5-,7?/m0/s1. The Morgan fingerprint density at radius 2 is 2.07 bits per heavy atom. The molecule has 0 saturated carbocycles. The second kappa shape index (κ2) is 7.38. The number of nitrogens with one attached hydrogen (secondary N) is 1. The highest BCUT2D eigenvalue weighted by atomic mass is 32.2. The van der Waals surface area contributed by atoms with Crippen LogP contribution in [0.1, 0.15) is 6.42 Å². The Morgan fingerprint density at radius 1 is 1.47 bits per heavy atom. The van der Waals surface area contributed by atoms with Crippen molar-refractivity contribution in [3.63, 3.8) is 0 Å². The van der Waals surface area contributed by atoms with E-state index in [9.17, 15) is 9.59 Å². The minimum absolute atomic E-state index is 0.148. The van der Waals surface area contributed by atoms with E-state index < -0.39 is 18.1 Å². The SMILES string of the molecule is N=C(C=O)C(N)CSCC[C@H](N)C(=O)O. The number of thioether (sulfide) groups is 1. The van der Waals surface area contributed by atoms with Gasteiger partial charge in [-0.3, -0.25) is 9.59 Å². The third-order valence-corrected chi connectivity index (χ3v) is 2.83. The van der Waals surface area contributed by atoms with Crippen molar-refractivity contribution in [3.05, 3.63) is 0 Å². The smallest absolute Gasteiger partial charge is 0.320 e. The van der Waals surface area contributed by atoms with Crippen molar-refractivity contribution in [1.29, 1.82) is 5.41 Å². The quantitative estimate of drug-likeness (QED) is 0.243. The van der Waals surface area contributed by atoms with E-state index in [4.69, 9.17) is 22.0 Å². The maximum atomic E-state index is 10.3. The third kappa shape index (κ3) is 6.21. The van der Waals surface area contributed by atoms with E-state index in [0.29, 0.717) is 24.2 Å². The molecule has 0 bridgehead atoms. The average Bonchev–Trinajstić information content (AvgIpc) is 2.22. The summed E-state index contributed by atoms with van der Waals surface area (Å²) in [5, 5.41) is 15.6. The molecule has 0 saturated heterocycles. The highest BCUT2D eigenvalue weighted by molar-refractivity contribution is 7.99. The lowest BCUT2D eigenvalue weighted by atomic mass is 10.2. The first-order chi connectivity index (χ1) is 6.99. The largest absolute Gasteiger partial charge is 0.480 e. The van der Waals surface area contributed by atoms with Gasteiger partial charge in [0.05, 0.1) is 11.8 Å². The van der Waals surface area contributed by atoms with Crippen LogP contribution in [0.2, 0.25) is 0 Å². The lowest BCUT2D eigenvalue weighted by molar-refractivity contribution is -0.138. The fourth-order valence-electron chi connectivity index (χ4n) is 0.721. The molecule has 86 valence electrons. The van der Waals surface area contributed by atoms with E-state index in [2.05, 4.69) is 0 Å². The second-order valence-electron chi connectivity index (χ2n) is 2.99. The van der Waals surface area contributed by atoms with Crippen molar-refractivity contribution in [1.82, 2.24) is 0 Å². The summed E-state index contributed by atoms with van der Waals surface area (Å²) in [6.45, 7) is 0. The monoisotopic (exact) mass is 233 g/mol. The topological polar surface area (TPSA) is 130 Å². The molecule has 0 aliphatic heterocycles. The van der Waals surface area contributed by atoms with Gasteiger partial charge in [0.2, 0.25) is 0 Å². The minimum atomic E-state index is -1.03. The number of aldehydes is 1. The van der Waals surface area contributed by atoms with Gasteiger partial charge < -0.3 is 22.0 Å². The predicted octanol–water partition coefficient (Wildman–Crippen LogP) is -0.932. The van der Waals surface area contributed by atoms with Crippen LogP contribution in [0.25, 0.3) is 0 Å². The lowest BCUT2D eigenvalue weighted by Gasteiger charge is -2.09. The van der Waals surface area contributed by atoms with E-state index >= 15 is 0 Å². The summed E-state index contributed by atoms with van der Waals surface area (Å²) in [6.07, 6.45) is 0.759. The second-order valence-corrected chi connectivity index (χ2v) is 4.14. The van der Waals surface area contributed by atoms with Crippen LogP contribution in [0.4, 0.5) is 0 Å². The van der Waals surface area contributed by atoms with E-state index in [-0.39, 0.29) is 5.71 Å². The lowest BCUT2D eigenvalue weighted by Crippen LogP contribution is -2.34. The third-order valence-electron chi connectivity index (χ3n) is 1.71. The van der Waals surface area contributed by atoms with Crippen molar-refractivity contribution in [2.24, 2.45) is 11.5 Å². The van der Waals surface area contributed by atoms with Crippen LogP contribution >= 0.6 is 11.8 Å². The Balaban J connectivity index is 3.58. The van der Waals surface area contributed by atoms with Gasteiger partial charge in [0.15, 0.2) is 6.29 Å². The van der Waals surface area contributed by atoms with Gasteiger partial charge in [-0.1, -0.05) is 0 Å². The van der Waals surface area contributed by atoms with Crippen LogP contribution in [0.3, 0.4) is 0 Å². The van der Waals surface area contributed by atoms with Crippen LogP contribution in [0.15, 0.2) is 0 Å². The first kappa shape index (κ1) is 14.1. The van der Waals surface area contributed by atoms with Crippen LogP contribution in [-0.2, 0) is 9.59 Å². The zero-order chi connectivity index (χ0) is 11.8. The van der Waals surface area contributed by atoms with Crippen LogP contribution in [-0.4, -0.2) is 46.7 Å². The van der Waals surface area contributed by atoms with E-state index in [1.54, 1.807) is 0 Å². The number of carboxylic acids is 1. The maximum Gasteiger partial charge on any atom is 0.320 e. The van der Waals surface area contributed by atoms with Gasteiger partial charge in [0.1, 0.15) is 6.04 Å². The number of hydrogen-bond donors (Lipinski definition) is 4. The number of hydrogen-bond acceptors (Lipinski definition) is 6. The Kier molecular flexibility index (Phi) is 6.93. The maximum absolute atomic E-state index is 10.3. The molecule has 0 amide bonds. The summed E-state index contributed by atoms with van der Waals surface area (Å²) in [6, 6.07) is -1.45. The van der Waals surface area contributed by atoms with Crippen molar-refractivity contribution >= 4 is 29.7 Å². The summed E-state index contributed by atoms with van der Waals surface area (Å²) >= 11 is 1.38. The van der Waals surface area contributed by atoms with Gasteiger partial charge in [-0.2, -0.15) is 11.8 Å². The molecule has 0 aromatic heterocycles. The highest BCUT2D eigenvalue weighted by Crippen LogP contribution is 2.05. The summed E-state index contributed by atoms with van der Waals surface area (Å²) in [7, 11) is 0. The molecule has 0 spiro atoms. The van der Waals surface area contributed by atoms with Gasteiger partial charge in [-0.25, -0.2) is 0 Å². The molecule has 7 heteroatoms. The van der Waals surface area contributed by atoms with Gasteiger partial charge in [-0.05, 0) is 12.2 Å². The molecule has 1 unspecified atom stereocenters. The molecule has 2 atom stereocenters. The molecular weight excluding hydrogens is 218 g/mol. The number of carbonyl (C=O) groups is 2. The molecule has 0 aliphatic carbocycles. The van der Waals surface area contributed by atoms with Crippen LogP contribution < -0.4 is 11.5 Å². The van der Waals surface area contributed by atoms with E-state index in [0.717, 1.165) is 0 Å². The Hall–Kier alpha value is -0.920. The van der Waals surface area contributed by atoms with Crippen molar-refractivity contribution in [2.45, 2.75) is 18.5 Å². The van der Waals surface area contributed by atoms with Gasteiger partial charge in [-0.15, -0.1) is 0 Å². The fraction of sp³-hybridized carbons (Fsp3) is 0.625. The molecule has 0 radical (unpaired) electrons. The number of carboxylic acid groups (broad SMARTS) is 1. The molecule has 6 N–H and O–H groups in total. The van der Waals surface area contributed by atoms with Crippen LogP contribution in [0.5, 0.6) is 0 Å². The summed E-state index contributed by atoms with van der Waals surface area (Å²) in [5.74, 6) is -0.0578. The van der Waals surface area contributed by atoms with Gasteiger partial charge in [0.25, 0.3) is 0 Å². The zero-order valence-corrected chi connectivity index (χ0v) is 9.00. The summed E-state index contributed by atoms with van der Waals surface area (Å²) < 4.78 is 0. The van der Waals surface area contributed by atoms with E-state index in [1.807, 2.05) is 0 Å². The summed E-state index contributed by atoms with van der Waals surface area (Å²) in [5.41, 5.74) is 10.6. The first-order valence-corrected chi connectivity index (χ1v) is 5.49. The molecule has 0 fully saturated rings. The molecule has 0 aromatic rings. The van der Waals surface area contributed by atoms with Crippen molar-refractivity contribution < 1.29 is 14.7 Å². The Bertz CT molecular complexity index is 247.